The first kappa shape index (κ1) is 12.2. The van der Waals surface area contributed by atoms with Gasteiger partial charge in [-0.25, -0.2) is 4.98 Å². The van der Waals surface area contributed by atoms with Gasteiger partial charge in [-0.3, -0.25) is 0 Å². The molecule has 1 unspecified atom stereocenters. The van der Waals surface area contributed by atoms with Crippen molar-refractivity contribution in [2.24, 2.45) is 5.92 Å². The number of hydrogen-bond donors (Lipinski definition) is 2. The summed E-state index contributed by atoms with van der Waals surface area (Å²) in [5.41, 5.74) is 7.40. The molecule has 2 rings (SSSR count). The predicted molar refractivity (Wildman–Crippen MR) is 70.0 cm³/mol. The summed E-state index contributed by atoms with van der Waals surface area (Å²) in [5.74, 6) is 1.43. The van der Waals surface area contributed by atoms with Gasteiger partial charge in [0.25, 0.3) is 0 Å². The molecule has 1 aromatic heterocycles. The fraction of sp³-hybridized carbons (Fsp3) is 0.615. The Bertz CT molecular complexity index is 384. The Kier molecular flexibility index (Phi) is 3.52. The van der Waals surface area contributed by atoms with Crippen LogP contribution in [0.15, 0.2) is 12.1 Å². The maximum Gasteiger partial charge on any atom is 0.128 e. The SMILES string of the molecule is Cc1nc(N2CCC(C(C)O)CC2)ccc1N. The Hall–Kier alpha value is -1.29. The number of nitrogens with two attached hydrogens (primary N) is 1. The van der Waals surface area contributed by atoms with Crippen molar-refractivity contribution in [1.82, 2.24) is 4.98 Å². The number of nitrogen functional groups attached to an aromatic ring is 1. The molecule has 0 aliphatic carbocycles. The molecule has 1 saturated heterocycles. The summed E-state index contributed by atoms with van der Waals surface area (Å²) < 4.78 is 0. The molecule has 0 bridgehead atoms. The van der Waals surface area contributed by atoms with Crippen molar-refractivity contribution in [3.63, 3.8) is 0 Å². The highest BCUT2D eigenvalue weighted by Gasteiger charge is 2.23. The van der Waals surface area contributed by atoms with E-state index in [4.69, 9.17) is 5.73 Å². The standard InChI is InChI=1S/C13H21N3O/c1-9-12(14)3-4-13(15-9)16-7-5-11(6-8-16)10(2)17/h3-4,10-11,17H,5-8,14H2,1-2H3. The zero-order valence-electron chi connectivity index (χ0n) is 10.6. The molecule has 1 aromatic rings. The Morgan fingerprint density at radius 1 is 1.41 bits per heavy atom. The Morgan fingerprint density at radius 2 is 2.06 bits per heavy atom. The van der Waals surface area contributed by atoms with E-state index in [1.54, 1.807) is 0 Å². The van der Waals surface area contributed by atoms with Gasteiger partial charge in [0.05, 0.1) is 17.5 Å². The average molecular weight is 235 g/mol. The van der Waals surface area contributed by atoms with E-state index in [0.717, 1.165) is 43.1 Å². The summed E-state index contributed by atoms with van der Waals surface area (Å²) in [5, 5.41) is 9.56. The van der Waals surface area contributed by atoms with Crippen LogP contribution >= 0.6 is 0 Å². The second-order valence-corrected chi connectivity index (χ2v) is 4.91. The minimum absolute atomic E-state index is 0.196. The van der Waals surface area contributed by atoms with E-state index in [9.17, 15) is 5.11 Å². The Labute approximate surface area is 102 Å². The normalized spacial score (nSPS) is 19.4. The maximum atomic E-state index is 9.56. The van der Waals surface area contributed by atoms with E-state index in [0.29, 0.717) is 5.92 Å². The van der Waals surface area contributed by atoms with Crippen LogP contribution in [-0.2, 0) is 0 Å². The molecule has 2 heterocycles. The minimum atomic E-state index is -0.196. The lowest BCUT2D eigenvalue weighted by Crippen LogP contribution is -2.37. The molecule has 94 valence electrons. The number of pyridine rings is 1. The highest BCUT2D eigenvalue weighted by molar-refractivity contribution is 5.50. The Balaban J connectivity index is 2.03. The van der Waals surface area contributed by atoms with Crippen molar-refractivity contribution in [3.8, 4) is 0 Å². The average Bonchev–Trinajstić information content (AvgIpc) is 2.33. The highest BCUT2D eigenvalue weighted by Crippen LogP contribution is 2.25. The van der Waals surface area contributed by atoms with Gasteiger partial charge in [-0.05, 0) is 44.7 Å². The third kappa shape index (κ3) is 2.69. The summed E-state index contributed by atoms with van der Waals surface area (Å²) in [6.45, 7) is 5.74. The van der Waals surface area contributed by atoms with Gasteiger partial charge in [0, 0.05) is 13.1 Å². The van der Waals surface area contributed by atoms with Gasteiger partial charge in [0.15, 0.2) is 0 Å². The first-order chi connectivity index (χ1) is 8.08. The van der Waals surface area contributed by atoms with Crippen LogP contribution in [0.5, 0.6) is 0 Å². The smallest absolute Gasteiger partial charge is 0.128 e. The number of hydrogen-bond acceptors (Lipinski definition) is 4. The lowest BCUT2D eigenvalue weighted by molar-refractivity contribution is 0.110. The van der Waals surface area contributed by atoms with Gasteiger partial charge in [0.2, 0.25) is 0 Å². The number of anilines is 2. The van der Waals surface area contributed by atoms with Crippen LogP contribution in [0.4, 0.5) is 11.5 Å². The molecule has 1 atom stereocenters. The monoisotopic (exact) mass is 235 g/mol. The molecule has 4 heteroatoms. The van der Waals surface area contributed by atoms with E-state index in [1.165, 1.54) is 0 Å². The molecule has 0 radical (unpaired) electrons. The molecule has 1 aliphatic heterocycles. The molecule has 4 nitrogen and oxygen atoms in total. The molecular weight excluding hydrogens is 214 g/mol. The molecule has 1 fully saturated rings. The minimum Gasteiger partial charge on any atom is -0.397 e. The molecule has 0 spiro atoms. The maximum absolute atomic E-state index is 9.56. The number of aliphatic hydroxyl groups is 1. The third-order valence-corrected chi connectivity index (χ3v) is 3.66. The van der Waals surface area contributed by atoms with Gasteiger partial charge in [-0.2, -0.15) is 0 Å². The van der Waals surface area contributed by atoms with E-state index < -0.39 is 0 Å². The van der Waals surface area contributed by atoms with Crippen molar-refractivity contribution in [2.45, 2.75) is 32.8 Å². The van der Waals surface area contributed by atoms with Crippen LogP contribution < -0.4 is 10.6 Å². The van der Waals surface area contributed by atoms with E-state index in [-0.39, 0.29) is 6.10 Å². The van der Waals surface area contributed by atoms with Gasteiger partial charge in [-0.15, -0.1) is 0 Å². The van der Waals surface area contributed by atoms with Crippen LogP contribution in [0.2, 0.25) is 0 Å². The predicted octanol–water partition coefficient (Wildman–Crippen LogP) is 1.57. The van der Waals surface area contributed by atoms with Crippen LogP contribution in [0, 0.1) is 12.8 Å². The van der Waals surface area contributed by atoms with Crippen molar-refractivity contribution in [3.05, 3.63) is 17.8 Å². The molecule has 0 amide bonds. The summed E-state index contributed by atoms with van der Waals surface area (Å²) in [7, 11) is 0. The number of aliphatic hydroxyl groups excluding tert-OH is 1. The van der Waals surface area contributed by atoms with Crippen molar-refractivity contribution >= 4 is 11.5 Å². The quantitative estimate of drug-likeness (QED) is 0.816. The van der Waals surface area contributed by atoms with Crippen molar-refractivity contribution in [1.29, 1.82) is 0 Å². The second-order valence-electron chi connectivity index (χ2n) is 4.91. The first-order valence-corrected chi connectivity index (χ1v) is 6.24. The second kappa shape index (κ2) is 4.92. The zero-order chi connectivity index (χ0) is 12.4. The molecule has 1 aliphatic rings. The van der Waals surface area contributed by atoms with Crippen LogP contribution in [0.1, 0.15) is 25.5 Å². The van der Waals surface area contributed by atoms with Gasteiger partial charge in [-0.1, -0.05) is 0 Å². The summed E-state index contributed by atoms with van der Waals surface area (Å²) in [6, 6.07) is 3.89. The number of nitrogens with zero attached hydrogens (tertiary/aromatic N) is 2. The molecule has 3 N–H and O–H groups in total. The van der Waals surface area contributed by atoms with Gasteiger partial charge in [0.1, 0.15) is 5.82 Å². The molecular formula is C13H21N3O. The van der Waals surface area contributed by atoms with Crippen LogP contribution in [0.3, 0.4) is 0 Å². The fourth-order valence-corrected chi connectivity index (χ4v) is 2.35. The lowest BCUT2D eigenvalue weighted by Gasteiger charge is -2.34. The van der Waals surface area contributed by atoms with Crippen LogP contribution in [-0.4, -0.2) is 29.3 Å². The van der Waals surface area contributed by atoms with Gasteiger partial charge < -0.3 is 15.7 Å². The molecule has 0 aromatic carbocycles. The summed E-state index contributed by atoms with van der Waals surface area (Å²) in [4.78, 5) is 6.77. The molecule has 17 heavy (non-hydrogen) atoms. The van der Waals surface area contributed by atoms with E-state index in [2.05, 4.69) is 9.88 Å². The lowest BCUT2D eigenvalue weighted by atomic mass is 9.92. The largest absolute Gasteiger partial charge is 0.397 e. The fourth-order valence-electron chi connectivity index (χ4n) is 2.35. The topological polar surface area (TPSA) is 62.4 Å². The number of piperidine rings is 1. The van der Waals surface area contributed by atoms with E-state index >= 15 is 0 Å². The summed E-state index contributed by atoms with van der Waals surface area (Å²) in [6.07, 6.45) is 1.87. The number of rotatable bonds is 2. The van der Waals surface area contributed by atoms with E-state index in [1.807, 2.05) is 26.0 Å². The first-order valence-electron chi connectivity index (χ1n) is 6.24. The van der Waals surface area contributed by atoms with Crippen molar-refractivity contribution < 1.29 is 5.11 Å². The Morgan fingerprint density at radius 3 is 2.59 bits per heavy atom. The third-order valence-electron chi connectivity index (χ3n) is 3.66. The number of aromatic nitrogens is 1. The van der Waals surface area contributed by atoms with Gasteiger partial charge >= 0.3 is 0 Å². The van der Waals surface area contributed by atoms with Crippen LogP contribution in [0.25, 0.3) is 0 Å². The highest BCUT2D eigenvalue weighted by atomic mass is 16.3. The van der Waals surface area contributed by atoms with Crippen molar-refractivity contribution in [2.75, 3.05) is 23.7 Å². The zero-order valence-corrected chi connectivity index (χ0v) is 10.6. The molecule has 0 saturated carbocycles. The number of aryl methyl sites for hydroxylation is 1. The summed E-state index contributed by atoms with van der Waals surface area (Å²) >= 11 is 0.